The minimum atomic E-state index is 0.719. The van der Waals surface area contributed by atoms with Gasteiger partial charge in [0.05, 0.1) is 0 Å². The third-order valence-corrected chi connectivity index (χ3v) is 6.80. The molecule has 116 valence electrons. The SMILES string of the molecule is CCCC1CCC(CN)C(Sc2ccc3c(c2)CCC3)C1. The number of aryl methyl sites for hydroxylation is 2. The van der Waals surface area contributed by atoms with Crippen molar-refractivity contribution in [1.82, 2.24) is 0 Å². The first-order valence-electron chi connectivity index (χ1n) is 8.78. The van der Waals surface area contributed by atoms with E-state index in [1.54, 1.807) is 11.1 Å². The second kappa shape index (κ2) is 7.19. The molecule has 0 aliphatic heterocycles. The van der Waals surface area contributed by atoms with Gasteiger partial charge in [0.1, 0.15) is 0 Å². The number of rotatable bonds is 5. The van der Waals surface area contributed by atoms with Crippen molar-refractivity contribution in [2.75, 3.05) is 6.54 Å². The Balaban J connectivity index is 1.68. The molecule has 1 saturated carbocycles. The summed E-state index contributed by atoms with van der Waals surface area (Å²) in [6, 6.07) is 7.18. The summed E-state index contributed by atoms with van der Waals surface area (Å²) in [7, 11) is 0. The molecule has 0 aromatic heterocycles. The van der Waals surface area contributed by atoms with Crippen molar-refractivity contribution in [3.8, 4) is 0 Å². The molecular weight excluding hydrogens is 274 g/mol. The lowest BCUT2D eigenvalue weighted by molar-refractivity contribution is 0.276. The Morgan fingerprint density at radius 2 is 2.05 bits per heavy atom. The van der Waals surface area contributed by atoms with Crippen LogP contribution >= 0.6 is 11.8 Å². The number of benzene rings is 1. The Labute approximate surface area is 134 Å². The summed E-state index contributed by atoms with van der Waals surface area (Å²) in [5, 5.41) is 0.736. The van der Waals surface area contributed by atoms with Crippen LogP contribution in [-0.4, -0.2) is 11.8 Å². The van der Waals surface area contributed by atoms with Gasteiger partial charge in [-0.2, -0.15) is 0 Å². The molecule has 2 heteroatoms. The molecular formula is C19H29NS. The Kier molecular flexibility index (Phi) is 5.29. The number of hydrogen-bond acceptors (Lipinski definition) is 2. The normalized spacial score (nSPS) is 28.6. The smallest absolute Gasteiger partial charge is 0.0137 e. The predicted octanol–water partition coefficient (Wildman–Crippen LogP) is 4.81. The molecule has 0 spiro atoms. The Morgan fingerprint density at radius 3 is 2.86 bits per heavy atom. The van der Waals surface area contributed by atoms with Crippen LogP contribution in [0.3, 0.4) is 0 Å². The van der Waals surface area contributed by atoms with Crippen LogP contribution in [0.4, 0.5) is 0 Å². The van der Waals surface area contributed by atoms with E-state index in [1.807, 2.05) is 0 Å². The van der Waals surface area contributed by atoms with Crippen molar-refractivity contribution in [1.29, 1.82) is 0 Å². The van der Waals surface area contributed by atoms with Crippen LogP contribution in [0.5, 0.6) is 0 Å². The highest BCUT2D eigenvalue weighted by Crippen LogP contribution is 2.41. The predicted molar refractivity (Wildman–Crippen MR) is 92.9 cm³/mol. The van der Waals surface area contributed by atoms with Gasteiger partial charge in [-0.05, 0) is 73.7 Å². The second-order valence-electron chi connectivity index (χ2n) is 6.90. The molecule has 2 aliphatic carbocycles. The van der Waals surface area contributed by atoms with E-state index in [9.17, 15) is 0 Å². The van der Waals surface area contributed by atoms with Crippen molar-refractivity contribution < 1.29 is 0 Å². The summed E-state index contributed by atoms with van der Waals surface area (Å²) in [6.07, 6.45) is 10.8. The van der Waals surface area contributed by atoms with Gasteiger partial charge < -0.3 is 5.73 Å². The van der Waals surface area contributed by atoms with Crippen molar-refractivity contribution in [3.05, 3.63) is 29.3 Å². The number of nitrogens with two attached hydrogens (primary N) is 1. The van der Waals surface area contributed by atoms with Gasteiger partial charge in [0.2, 0.25) is 0 Å². The fourth-order valence-electron chi connectivity index (χ4n) is 4.16. The average Bonchev–Trinajstić information content (AvgIpc) is 2.95. The zero-order valence-corrected chi connectivity index (χ0v) is 14.1. The van der Waals surface area contributed by atoms with E-state index in [-0.39, 0.29) is 0 Å². The minimum Gasteiger partial charge on any atom is -0.330 e. The first kappa shape index (κ1) is 15.4. The molecule has 1 fully saturated rings. The van der Waals surface area contributed by atoms with Crippen molar-refractivity contribution >= 4 is 11.8 Å². The van der Waals surface area contributed by atoms with Crippen molar-refractivity contribution in [3.63, 3.8) is 0 Å². The van der Waals surface area contributed by atoms with Gasteiger partial charge in [-0.1, -0.05) is 32.3 Å². The lowest BCUT2D eigenvalue weighted by atomic mass is 9.80. The van der Waals surface area contributed by atoms with E-state index in [4.69, 9.17) is 5.73 Å². The van der Waals surface area contributed by atoms with Gasteiger partial charge in [-0.25, -0.2) is 0 Å². The third kappa shape index (κ3) is 3.65. The number of hydrogen-bond donors (Lipinski definition) is 1. The van der Waals surface area contributed by atoms with Gasteiger partial charge in [0, 0.05) is 10.1 Å². The summed E-state index contributed by atoms with van der Waals surface area (Å²) in [4.78, 5) is 1.48. The van der Waals surface area contributed by atoms with Crippen LogP contribution in [0.1, 0.15) is 56.6 Å². The first-order valence-corrected chi connectivity index (χ1v) is 9.66. The van der Waals surface area contributed by atoms with E-state index < -0.39 is 0 Å². The van der Waals surface area contributed by atoms with Crippen LogP contribution in [0.15, 0.2) is 23.1 Å². The van der Waals surface area contributed by atoms with E-state index in [1.165, 1.54) is 56.3 Å². The molecule has 0 heterocycles. The van der Waals surface area contributed by atoms with Crippen LogP contribution in [-0.2, 0) is 12.8 Å². The molecule has 1 aromatic carbocycles. The number of fused-ring (bicyclic) bond motifs is 1. The van der Waals surface area contributed by atoms with Gasteiger partial charge in [0.15, 0.2) is 0 Å². The number of thioether (sulfide) groups is 1. The zero-order valence-electron chi connectivity index (χ0n) is 13.3. The fourth-order valence-corrected chi connectivity index (χ4v) is 5.67. The summed E-state index contributed by atoms with van der Waals surface area (Å²) in [5.41, 5.74) is 9.23. The average molecular weight is 304 g/mol. The Hall–Kier alpha value is -0.470. The van der Waals surface area contributed by atoms with Crippen LogP contribution in [0.2, 0.25) is 0 Å². The van der Waals surface area contributed by atoms with Gasteiger partial charge in [-0.3, -0.25) is 0 Å². The summed E-state index contributed by atoms with van der Waals surface area (Å²) >= 11 is 2.11. The highest BCUT2D eigenvalue weighted by Gasteiger charge is 2.30. The highest BCUT2D eigenvalue weighted by atomic mass is 32.2. The quantitative estimate of drug-likeness (QED) is 0.844. The molecule has 2 N–H and O–H groups in total. The lowest BCUT2D eigenvalue weighted by Gasteiger charge is -2.35. The standard InChI is InChI=1S/C19H29NS/c1-2-4-14-7-8-17(13-20)19(11-14)21-18-10-9-15-5-3-6-16(15)12-18/h9-10,12,14,17,19H,2-8,11,13,20H2,1H3. The maximum Gasteiger partial charge on any atom is 0.0137 e. The highest BCUT2D eigenvalue weighted by molar-refractivity contribution is 8.00. The maximum absolute atomic E-state index is 6.04. The molecule has 0 bridgehead atoms. The molecule has 1 nitrogen and oxygen atoms in total. The zero-order chi connectivity index (χ0) is 14.7. The van der Waals surface area contributed by atoms with E-state index >= 15 is 0 Å². The molecule has 3 unspecified atom stereocenters. The maximum atomic E-state index is 6.04. The van der Waals surface area contributed by atoms with E-state index in [0.717, 1.165) is 23.6 Å². The Morgan fingerprint density at radius 1 is 1.19 bits per heavy atom. The summed E-state index contributed by atoms with van der Waals surface area (Å²) < 4.78 is 0. The first-order chi connectivity index (χ1) is 10.3. The van der Waals surface area contributed by atoms with E-state index in [0.29, 0.717) is 0 Å². The topological polar surface area (TPSA) is 26.0 Å². The molecule has 2 aliphatic rings. The Bertz CT molecular complexity index is 471. The monoisotopic (exact) mass is 303 g/mol. The molecule has 1 aromatic rings. The molecule has 0 amide bonds. The van der Waals surface area contributed by atoms with Crippen molar-refractivity contribution in [2.45, 2.75) is 68.4 Å². The molecule has 0 saturated heterocycles. The van der Waals surface area contributed by atoms with E-state index in [2.05, 4.69) is 36.9 Å². The largest absolute Gasteiger partial charge is 0.330 e. The van der Waals surface area contributed by atoms with Gasteiger partial charge >= 0.3 is 0 Å². The van der Waals surface area contributed by atoms with Crippen LogP contribution < -0.4 is 5.73 Å². The molecule has 0 radical (unpaired) electrons. The molecule has 21 heavy (non-hydrogen) atoms. The lowest BCUT2D eigenvalue weighted by Crippen LogP contribution is -2.32. The fraction of sp³-hybridized carbons (Fsp3) is 0.684. The third-order valence-electron chi connectivity index (χ3n) is 5.39. The van der Waals surface area contributed by atoms with Gasteiger partial charge in [0.25, 0.3) is 0 Å². The van der Waals surface area contributed by atoms with Crippen molar-refractivity contribution in [2.24, 2.45) is 17.6 Å². The summed E-state index contributed by atoms with van der Waals surface area (Å²) in [6.45, 7) is 3.18. The van der Waals surface area contributed by atoms with Crippen LogP contribution in [0, 0.1) is 11.8 Å². The minimum absolute atomic E-state index is 0.719. The molecule has 3 rings (SSSR count). The summed E-state index contributed by atoms with van der Waals surface area (Å²) in [5.74, 6) is 1.65. The van der Waals surface area contributed by atoms with Gasteiger partial charge in [-0.15, -0.1) is 11.8 Å². The van der Waals surface area contributed by atoms with Crippen LogP contribution in [0.25, 0.3) is 0 Å². The second-order valence-corrected chi connectivity index (χ2v) is 8.22. The molecule has 3 atom stereocenters.